The lowest BCUT2D eigenvalue weighted by Crippen LogP contribution is -2.24. The van der Waals surface area contributed by atoms with E-state index in [4.69, 9.17) is 0 Å². The zero-order valence-corrected chi connectivity index (χ0v) is 7.37. The van der Waals surface area contributed by atoms with Gasteiger partial charge in [-0.3, -0.25) is 10.1 Å². The molecule has 1 aliphatic rings. The van der Waals surface area contributed by atoms with Crippen LogP contribution < -0.4 is 5.32 Å². The quantitative estimate of drug-likeness (QED) is 0.703. The SMILES string of the molecule is CCC1(C(=O)Nc2nn[nH]n2)CC1. The Morgan fingerprint density at radius 1 is 1.69 bits per heavy atom. The van der Waals surface area contributed by atoms with Gasteiger partial charge in [-0.1, -0.05) is 12.0 Å². The molecule has 1 saturated carbocycles. The minimum atomic E-state index is -0.152. The van der Waals surface area contributed by atoms with E-state index in [2.05, 4.69) is 25.9 Å². The summed E-state index contributed by atoms with van der Waals surface area (Å²) < 4.78 is 0. The summed E-state index contributed by atoms with van der Waals surface area (Å²) in [6.07, 6.45) is 2.80. The average Bonchev–Trinajstić information content (AvgIpc) is 2.79. The molecule has 0 spiro atoms. The van der Waals surface area contributed by atoms with Crippen LogP contribution in [0, 0.1) is 5.41 Å². The maximum atomic E-state index is 11.6. The van der Waals surface area contributed by atoms with E-state index in [0.29, 0.717) is 0 Å². The van der Waals surface area contributed by atoms with Crippen LogP contribution in [0.3, 0.4) is 0 Å². The van der Waals surface area contributed by atoms with Gasteiger partial charge in [0.25, 0.3) is 5.95 Å². The zero-order valence-electron chi connectivity index (χ0n) is 7.37. The fourth-order valence-electron chi connectivity index (χ4n) is 1.34. The van der Waals surface area contributed by atoms with Gasteiger partial charge in [0.1, 0.15) is 0 Å². The Labute approximate surface area is 75.1 Å². The number of carbonyl (C=O) groups excluding carboxylic acids is 1. The summed E-state index contributed by atoms with van der Waals surface area (Å²) in [5.74, 6) is 0.265. The Morgan fingerprint density at radius 2 is 2.46 bits per heavy atom. The van der Waals surface area contributed by atoms with E-state index in [1.54, 1.807) is 0 Å². The molecule has 0 saturated heterocycles. The van der Waals surface area contributed by atoms with Gasteiger partial charge in [-0.15, -0.1) is 5.10 Å². The number of nitrogens with zero attached hydrogens (tertiary/aromatic N) is 3. The normalized spacial score (nSPS) is 18.2. The van der Waals surface area contributed by atoms with Crippen LogP contribution in [0.15, 0.2) is 0 Å². The summed E-state index contributed by atoms with van der Waals surface area (Å²) >= 11 is 0. The maximum Gasteiger partial charge on any atom is 0.269 e. The first kappa shape index (κ1) is 8.15. The van der Waals surface area contributed by atoms with Crippen LogP contribution in [0.5, 0.6) is 0 Å². The number of hydrogen-bond donors (Lipinski definition) is 2. The summed E-state index contributed by atoms with van der Waals surface area (Å²) in [5.41, 5.74) is -0.152. The van der Waals surface area contributed by atoms with Gasteiger partial charge in [0.2, 0.25) is 5.91 Å². The molecule has 0 aliphatic heterocycles. The fraction of sp³-hybridized carbons (Fsp3) is 0.714. The molecule has 70 valence electrons. The van der Waals surface area contributed by atoms with Crippen molar-refractivity contribution in [2.75, 3.05) is 5.32 Å². The van der Waals surface area contributed by atoms with E-state index >= 15 is 0 Å². The van der Waals surface area contributed by atoms with Crippen LogP contribution in [0.2, 0.25) is 0 Å². The zero-order chi connectivity index (χ0) is 9.31. The van der Waals surface area contributed by atoms with E-state index in [-0.39, 0.29) is 17.3 Å². The van der Waals surface area contributed by atoms with Crippen molar-refractivity contribution >= 4 is 11.9 Å². The molecule has 1 fully saturated rings. The number of aromatic nitrogens is 4. The Hall–Kier alpha value is -1.46. The molecule has 1 heterocycles. The van der Waals surface area contributed by atoms with Crippen molar-refractivity contribution in [3.8, 4) is 0 Å². The molecular formula is C7H11N5O. The molecule has 2 N–H and O–H groups in total. The highest BCUT2D eigenvalue weighted by atomic mass is 16.2. The average molecular weight is 181 g/mol. The van der Waals surface area contributed by atoms with Gasteiger partial charge in [-0.05, 0) is 24.5 Å². The van der Waals surface area contributed by atoms with Gasteiger partial charge in [0.05, 0.1) is 0 Å². The molecule has 0 unspecified atom stereocenters. The number of anilines is 1. The number of hydrogen-bond acceptors (Lipinski definition) is 4. The van der Waals surface area contributed by atoms with Crippen molar-refractivity contribution in [3.63, 3.8) is 0 Å². The smallest absolute Gasteiger partial charge is 0.269 e. The third kappa shape index (κ3) is 1.39. The lowest BCUT2D eigenvalue weighted by molar-refractivity contribution is -0.121. The first-order chi connectivity index (χ1) is 6.27. The highest BCUT2D eigenvalue weighted by Gasteiger charge is 2.48. The fourth-order valence-corrected chi connectivity index (χ4v) is 1.34. The molecule has 13 heavy (non-hydrogen) atoms. The summed E-state index contributed by atoms with van der Waals surface area (Å²) in [6, 6.07) is 0. The molecule has 0 bridgehead atoms. The number of carbonyl (C=O) groups is 1. The molecule has 0 radical (unpaired) electrons. The molecule has 0 aromatic carbocycles. The van der Waals surface area contributed by atoms with Gasteiger partial charge in [-0.25, -0.2) is 0 Å². The molecule has 6 nitrogen and oxygen atoms in total. The third-order valence-electron chi connectivity index (χ3n) is 2.58. The second kappa shape index (κ2) is 2.79. The van der Waals surface area contributed by atoms with Crippen molar-refractivity contribution in [3.05, 3.63) is 0 Å². The topological polar surface area (TPSA) is 83.6 Å². The van der Waals surface area contributed by atoms with Crippen LogP contribution in [-0.2, 0) is 4.79 Å². The minimum absolute atomic E-state index is 0.0106. The number of rotatable bonds is 3. The molecule has 0 atom stereocenters. The van der Waals surface area contributed by atoms with Gasteiger partial charge in [0.15, 0.2) is 0 Å². The van der Waals surface area contributed by atoms with E-state index in [0.717, 1.165) is 19.3 Å². The van der Waals surface area contributed by atoms with E-state index in [9.17, 15) is 4.79 Å². The highest BCUT2D eigenvalue weighted by Crippen LogP contribution is 2.49. The van der Waals surface area contributed by atoms with E-state index in [1.807, 2.05) is 6.92 Å². The molecule has 1 aromatic rings. The second-order valence-electron chi connectivity index (χ2n) is 3.32. The van der Waals surface area contributed by atoms with Crippen LogP contribution >= 0.6 is 0 Å². The van der Waals surface area contributed by atoms with Gasteiger partial charge in [-0.2, -0.15) is 5.21 Å². The molecular weight excluding hydrogens is 170 g/mol. The van der Waals surface area contributed by atoms with Crippen molar-refractivity contribution in [1.82, 2.24) is 20.6 Å². The number of H-pyrrole nitrogens is 1. The summed E-state index contributed by atoms with van der Waals surface area (Å²) in [5, 5.41) is 15.6. The monoisotopic (exact) mass is 181 g/mol. The first-order valence-corrected chi connectivity index (χ1v) is 4.32. The van der Waals surface area contributed by atoms with Gasteiger partial charge < -0.3 is 0 Å². The van der Waals surface area contributed by atoms with Gasteiger partial charge in [0, 0.05) is 5.41 Å². The van der Waals surface area contributed by atoms with Gasteiger partial charge >= 0.3 is 0 Å². The third-order valence-corrected chi connectivity index (χ3v) is 2.58. The Bertz CT molecular complexity index is 303. The van der Waals surface area contributed by atoms with Crippen LogP contribution in [0.1, 0.15) is 26.2 Å². The minimum Gasteiger partial charge on any atom is -0.291 e. The predicted octanol–water partition coefficient (Wildman–Crippen LogP) is 0.328. The molecule has 1 aliphatic carbocycles. The van der Waals surface area contributed by atoms with Crippen LogP contribution in [0.4, 0.5) is 5.95 Å². The van der Waals surface area contributed by atoms with Crippen molar-refractivity contribution in [1.29, 1.82) is 0 Å². The van der Waals surface area contributed by atoms with E-state index in [1.165, 1.54) is 0 Å². The standard InChI is InChI=1S/C7H11N5O/c1-2-7(3-4-7)5(13)8-6-9-11-12-10-6/h2-4H2,1H3,(H2,8,9,10,11,12,13). The van der Waals surface area contributed by atoms with Crippen LogP contribution in [-0.4, -0.2) is 26.5 Å². The lowest BCUT2D eigenvalue weighted by atomic mass is 10.0. The molecule has 1 amide bonds. The van der Waals surface area contributed by atoms with Crippen molar-refractivity contribution in [2.24, 2.45) is 5.41 Å². The van der Waals surface area contributed by atoms with Crippen molar-refractivity contribution in [2.45, 2.75) is 26.2 Å². The largest absolute Gasteiger partial charge is 0.291 e. The first-order valence-electron chi connectivity index (χ1n) is 4.32. The van der Waals surface area contributed by atoms with Crippen LogP contribution in [0.25, 0.3) is 0 Å². The number of tetrazole rings is 1. The summed E-state index contributed by atoms with van der Waals surface area (Å²) in [4.78, 5) is 11.6. The Morgan fingerprint density at radius 3 is 2.92 bits per heavy atom. The molecule has 6 heteroatoms. The molecule has 2 rings (SSSR count). The Balaban J connectivity index is 2.00. The second-order valence-corrected chi connectivity index (χ2v) is 3.32. The van der Waals surface area contributed by atoms with E-state index < -0.39 is 0 Å². The highest BCUT2D eigenvalue weighted by molar-refractivity contribution is 5.95. The predicted molar refractivity (Wildman–Crippen MR) is 44.8 cm³/mol. The maximum absolute atomic E-state index is 11.6. The number of amides is 1. The number of aromatic amines is 1. The lowest BCUT2D eigenvalue weighted by Gasteiger charge is -2.09. The molecule has 1 aromatic heterocycles. The Kier molecular flexibility index (Phi) is 1.75. The summed E-state index contributed by atoms with van der Waals surface area (Å²) in [6.45, 7) is 2.02. The number of nitrogens with one attached hydrogen (secondary N) is 2. The summed E-state index contributed by atoms with van der Waals surface area (Å²) in [7, 11) is 0. The van der Waals surface area contributed by atoms with Crippen molar-refractivity contribution < 1.29 is 4.79 Å².